The molecule has 0 unspecified atom stereocenters. The number of nitrogens with zero attached hydrogens (tertiary/aromatic N) is 1. The van der Waals surface area contributed by atoms with E-state index in [2.05, 4.69) is 10.6 Å². The van der Waals surface area contributed by atoms with Gasteiger partial charge in [-0.2, -0.15) is 0 Å². The van der Waals surface area contributed by atoms with E-state index in [-0.39, 0.29) is 30.0 Å². The molecule has 1 rings (SSSR count). The van der Waals surface area contributed by atoms with E-state index in [1.165, 1.54) is 11.8 Å². The number of imide groups is 1. The van der Waals surface area contributed by atoms with Crippen LogP contribution < -0.4 is 10.6 Å². The van der Waals surface area contributed by atoms with Gasteiger partial charge < -0.3 is 10.6 Å². The van der Waals surface area contributed by atoms with Crippen LogP contribution in [0.2, 0.25) is 0 Å². The van der Waals surface area contributed by atoms with Gasteiger partial charge in [0.1, 0.15) is 0 Å². The van der Waals surface area contributed by atoms with Crippen LogP contribution >= 0.6 is 0 Å². The molecule has 0 bridgehead atoms. The van der Waals surface area contributed by atoms with Gasteiger partial charge in [-0.1, -0.05) is 0 Å². The molecule has 0 spiro atoms. The number of likely N-dealkylation sites (tertiary alicyclic amines) is 1. The molecule has 0 aromatic rings. The van der Waals surface area contributed by atoms with Crippen molar-refractivity contribution in [3.8, 4) is 0 Å². The van der Waals surface area contributed by atoms with E-state index in [4.69, 9.17) is 0 Å². The lowest BCUT2D eigenvalue weighted by atomic mass is 10.1. The van der Waals surface area contributed by atoms with Gasteiger partial charge in [0.25, 0.3) is 0 Å². The Morgan fingerprint density at radius 2 is 1.81 bits per heavy atom. The van der Waals surface area contributed by atoms with Crippen LogP contribution in [0.3, 0.4) is 0 Å². The normalized spacial score (nSPS) is 16.2. The van der Waals surface area contributed by atoms with Gasteiger partial charge in [0.15, 0.2) is 5.78 Å². The molecule has 0 aromatic heterocycles. The lowest BCUT2D eigenvalue weighted by Gasteiger charge is -2.17. The van der Waals surface area contributed by atoms with Gasteiger partial charge in [-0.05, 0) is 33.2 Å². The van der Waals surface area contributed by atoms with Crippen molar-refractivity contribution in [1.29, 1.82) is 0 Å². The molecule has 1 aliphatic rings. The predicted octanol–water partition coefficient (Wildman–Crippen LogP) is -0.401. The van der Waals surface area contributed by atoms with Crippen LogP contribution in [0.4, 0.5) is 0 Å². The van der Waals surface area contributed by atoms with E-state index in [0.717, 1.165) is 0 Å². The molecule has 1 fully saturated rings. The molecule has 118 valence electrons. The molecule has 0 aliphatic carbocycles. The van der Waals surface area contributed by atoms with E-state index in [0.29, 0.717) is 38.6 Å². The van der Waals surface area contributed by atoms with Crippen LogP contribution in [0, 0.1) is 0 Å². The summed E-state index contributed by atoms with van der Waals surface area (Å²) in [4.78, 5) is 47.1. The van der Waals surface area contributed by atoms with Crippen molar-refractivity contribution in [2.45, 2.75) is 45.1 Å². The van der Waals surface area contributed by atoms with Crippen LogP contribution in [0.25, 0.3) is 0 Å². The first kappa shape index (κ1) is 17.3. The summed E-state index contributed by atoms with van der Waals surface area (Å²) in [5.74, 6) is -0.550. The highest BCUT2D eigenvalue weighted by atomic mass is 16.2. The highest BCUT2D eigenvalue weighted by Crippen LogP contribution is 2.13. The summed E-state index contributed by atoms with van der Waals surface area (Å²) in [6.07, 6.45) is 2.43. The number of likely N-dealkylation sites (N-methyl/N-ethyl adjacent to an activating group) is 1. The molecular weight excluding hydrogens is 274 g/mol. The zero-order valence-electron chi connectivity index (χ0n) is 12.6. The van der Waals surface area contributed by atoms with Gasteiger partial charge in [-0.15, -0.1) is 0 Å². The van der Waals surface area contributed by atoms with Crippen molar-refractivity contribution in [2.75, 3.05) is 20.1 Å². The number of unbranched alkanes of at least 4 members (excludes halogenated alkanes) is 1. The fraction of sp³-hybridized carbons (Fsp3) is 0.714. The number of hydrogen-bond acceptors (Lipinski definition) is 5. The summed E-state index contributed by atoms with van der Waals surface area (Å²) in [7, 11) is 1.66. The van der Waals surface area contributed by atoms with Gasteiger partial charge >= 0.3 is 0 Å². The standard InChI is InChI=1S/C14H23N3O4/c1-10(18)11(16-12(19)9-15-2)5-3-4-8-17-13(20)6-7-14(17)21/h11,15H,3-9H2,1-2H3,(H,16,19)/t11-/m0/s1. The minimum Gasteiger partial charge on any atom is -0.345 e. The quantitative estimate of drug-likeness (QED) is 0.446. The van der Waals surface area contributed by atoms with E-state index in [1.54, 1.807) is 7.05 Å². The van der Waals surface area contributed by atoms with Gasteiger partial charge in [0.2, 0.25) is 17.7 Å². The molecule has 2 N–H and O–H groups in total. The number of amides is 3. The van der Waals surface area contributed by atoms with Crippen LogP contribution in [0.15, 0.2) is 0 Å². The summed E-state index contributed by atoms with van der Waals surface area (Å²) in [6, 6.07) is -0.504. The second-order valence-electron chi connectivity index (χ2n) is 5.20. The topological polar surface area (TPSA) is 95.6 Å². The van der Waals surface area contributed by atoms with Crippen LogP contribution in [0.5, 0.6) is 0 Å². The lowest BCUT2D eigenvalue weighted by molar-refractivity contribution is -0.138. The van der Waals surface area contributed by atoms with Crippen molar-refractivity contribution in [3.63, 3.8) is 0 Å². The molecule has 1 atom stereocenters. The Balaban J connectivity index is 2.30. The number of hydrogen-bond donors (Lipinski definition) is 2. The van der Waals surface area contributed by atoms with Gasteiger partial charge in [0, 0.05) is 19.4 Å². The minimum absolute atomic E-state index is 0.0900. The summed E-state index contributed by atoms with van der Waals surface area (Å²) in [5.41, 5.74) is 0. The Bertz CT molecular complexity index is 406. The molecule has 1 saturated heterocycles. The SMILES string of the molecule is CNCC(=O)N[C@@H](CCCCN1C(=O)CCC1=O)C(C)=O. The summed E-state index contributed by atoms with van der Waals surface area (Å²) >= 11 is 0. The zero-order chi connectivity index (χ0) is 15.8. The maximum atomic E-state index is 11.5. The predicted molar refractivity (Wildman–Crippen MR) is 76.3 cm³/mol. The molecule has 21 heavy (non-hydrogen) atoms. The Hall–Kier alpha value is -1.76. The number of carbonyl (C=O) groups is 4. The lowest BCUT2D eigenvalue weighted by Crippen LogP contribution is -2.43. The minimum atomic E-state index is -0.504. The first-order valence-electron chi connectivity index (χ1n) is 7.23. The highest BCUT2D eigenvalue weighted by Gasteiger charge is 2.28. The number of carbonyl (C=O) groups excluding carboxylic acids is 4. The van der Waals surface area contributed by atoms with Crippen molar-refractivity contribution in [3.05, 3.63) is 0 Å². The number of ketones is 1. The Morgan fingerprint density at radius 1 is 1.19 bits per heavy atom. The fourth-order valence-electron chi connectivity index (χ4n) is 2.27. The number of nitrogens with one attached hydrogen (secondary N) is 2. The van der Waals surface area contributed by atoms with E-state index in [9.17, 15) is 19.2 Å². The Labute approximate surface area is 124 Å². The van der Waals surface area contributed by atoms with Crippen molar-refractivity contribution in [2.24, 2.45) is 0 Å². The van der Waals surface area contributed by atoms with E-state index < -0.39 is 6.04 Å². The average molecular weight is 297 g/mol. The maximum absolute atomic E-state index is 11.5. The largest absolute Gasteiger partial charge is 0.345 e. The molecule has 7 heteroatoms. The molecule has 0 saturated carbocycles. The molecule has 1 heterocycles. The van der Waals surface area contributed by atoms with Crippen molar-refractivity contribution < 1.29 is 19.2 Å². The van der Waals surface area contributed by atoms with Gasteiger partial charge in [-0.25, -0.2) is 0 Å². The number of Topliss-reactive ketones (excluding diaryl/α,β-unsaturated/α-hetero) is 1. The van der Waals surface area contributed by atoms with Crippen molar-refractivity contribution in [1.82, 2.24) is 15.5 Å². The second-order valence-corrected chi connectivity index (χ2v) is 5.20. The van der Waals surface area contributed by atoms with Crippen LogP contribution in [-0.2, 0) is 19.2 Å². The summed E-state index contributed by atoms with van der Waals surface area (Å²) < 4.78 is 0. The first-order chi connectivity index (χ1) is 9.95. The number of rotatable bonds is 9. The third-order valence-electron chi connectivity index (χ3n) is 3.44. The fourth-order valence-corrected chi connectivity index (χ4v) is 2.27. The Kier molecular flexibility index (Phi) is 7.01. The second kappa shape index (κ2) is 8.51. The average Bonchev–Trinajstić information content (AvgIpc) is 2.73. The summed E-state index contributed by atoms with van der Waals surface area (Å²) in [5, 5.41) is 5.39. The molecule has 3 amide bonds. The smallest absolute Gasteiger partial charge is 0.234 e. The monoisotopic (exact) mass is 297 g/mol. The highest BCUT2D eigenvalue weighted by molar-refractivity contribution is 6.01. The Morgan fingerprint density at radius 3 is 2.33 bits per heavy atom. The van der Waals surface area contributed by atoms with Gasteiger partial charge in [-0.3, -0.25) is 24.1 Å². The van der Waals surface area contributed by atoms with Crippen molar-refractivity contribution >= 4 is 23.5 Å². The van der Waals surface area contributed by atoms with E-state index >= 15 is 0 Å². The molecular formula is C14H23N3O4. The van der Waals surface area contributed by atoms with Gasteiger partial charge in [0.05, 0.1) is 12.6 Å². The van der Waals surface area contributed by atoms with E-state index in [1.807, 2.05) is 0 Å². The summed E-state index contributed by atoms with van der Waals surface area (Å²) in [6.45, 7) is 2.01. The molecule has 0 aromatic carbocycles. The third kappa shape index (κ3) is 5.63. The third-order valence-corrected chi connectivity index (χ3v) is 3.44. The van der Waals surface area contributed by atoms with Crippen LogP contribution in [-0.4, -0.2) is 54.6 Å². The molecule has 0 radical (unpaired) electrons. The molecule has 7 nitrogen and oxygen atoms in total. The zero-order valence-corrected chi connectivity index (χ0v) is 12.6. The molecule has 1 aliphatic heterocycles. The van der Waals surface area contributed by atoms with Crippen LogP contribution in [0.1, 0.15) is 39.0 Å². The first-order valence-corrected chi connectivity index (χ1v) is 7.23. The maximum Gasteiger partial charge on any atom is 0.234 e.